The quantitative estimate of drug-likeness (QED) is 0.848. The second-order valence-corrected chi connectivity index (χ2v) is 8.56. The van der Waals surface area contributed by atoms with Crippen LogP contribution >= 0.6 is 23.1 Å². The maximum Gasteiger partial charge on any atom is 0.289 e. The van der Waals surface area contributed by atoms with Crippen LogP contribution in [0.3, 0.4) is 0 Å². The maximum atomic E-state index is 12.8. The van der Waals surface area contributed by atoms with Crippen LogP contribution in [0.1, 0.15) is 37.1 Å². The lowest BCUT2D eigenvalue weighted by molar-refractivity contribution is -0.116. The number of likely N-dealkylation sites (N-methyl/N-ethyl adjacent to an activating group) is 1. The minimum absolute atomic E-state index is 0.0521. The zero-order valence-electron chi connectivity index (χ0n) is 15.0. The fourth-order valence-electron chi connectivity index (χ4n) is 3.40. The standard InChI is InChI=1S/C18H19N3O4S2/c1-20-8-14(22)19-16-15(18(20)24)11-5-6-21(7-13(11)27-16)17(23)12-4-3-10(25-12)9-26-2/h3-4H,5-9H2,1-2H3,(H,19,22). The van der Waals surface area contributed by atoms with E-state index in [2.05, 4.69) is 5.32 Å². The first-order valence-electron chi connectivity index (χ1n) is 8.54. The van der Waals surface area contributed by atoms with Crippen molar-refractivity contribution in [3.63, 3.8) is 0 Å². The smallest absolute Gasteiger partial charge is 0.289 e. The molecule has 2 aromatic heterocycles. The molecule has 142 valence electrons. The fourth-order valence-corrected chi connectivity index (χ4v) is 5.12. The van der Waals surface area contributed by atoms with E-state index in [0.29, 0.717) is 35.8 Å². The highest BCUT2D eigenvalue weighted by atomic mass is 32.2. The predicted molar refractivity (Wildman–Crippen MR) is 104 cm³/mol. The first-order valence-corrected chi connectivity index (χ1v) is 10.8. The molecule has 0 spiro atoms. The van der Waals surface area contributed by atoms with Gasteiger partial charge in [-0.15, -0.1) is 11.3 Å². The summed E-state index contributed by atoms with van der Waals surface area (Å²) in [5.74, 6) is 1.35. The SMILES string of the molecule is CSCc1ccc(C(=O)N2CCc3c(sc4c3C(=O)N(C)CC(=O)N4)C2)o1. The topological polar surface area (TPSA) is 82.9 Å². The molecule has 3 amide bonds. The number of nitrogens with zero attached hydrogens (tertiary/aromatic N) is 2. The van der Waals surface area contributed by atoms with Gasteiger partial charge in [0.2, 0.25) is 5.91 Å². The minimum atomic E-state index is -0.201. The van der Waals surface area contributed by atoms with Gasteiger partial charge in [-0.05, 0) is 30.4 Å². The van der Waals surface area contributed by atoms with Gasteiger partial charge in [-0.25, -0.2) is 0 Å². The normalized spacial score (nSPS) is 16.7. The van der Waals surface area contributed by atoms with Crippen LogP contribution in [0.25, 0.3) is 0 Å². The monoisotopic (exact) mass is 405 g/mol. The Bertz CT molecular complexity index is 933. The Hall–Kier alpha value is -2.26. The zero-order chi connectivity index (χ0) is 19.1. The molecule has 0 aromatic carbocycles. The number of amides is 3. The summed E-state index contributed by atoms with van der Waals surface area (Å²) in [5.41, 5.74) is 1.52. The van der Waals surface area contributed by atoms with Gasteiger partial charge >= 0.3 is 0 Å². The Morgan fingerprint density at radius 1 is 1.33 bits per heavy atom. The second-order valence-electron chi connectivity index (χ2n) is 6.59. The van der Waals surface area contributed by atoms with Crippen molar-refractivity contribution in [3.8, 4) is 0 Å². The third-order valence-corrected chi connectivity index (χ3v) is 6.40. The number of rotatable bonds is 3. The Morgan fingerprint density at radius 3 is 2.93 bits per heavy atom. The molecule has 0 bridgehead atoms. The van der Waals surface area contributed by atoms with Crippen molar-refractivity contribution in [2.45, 2.75) is 18.7 Å². The van der Waals surface area contributed by atoms with E-state index in [1.807, 2.05) is 12.3 Å². The Morgan fingerprint density at radius 2 is 2.15 bits per heavy atom. The molecule has 4 heterocycles. The van der Waals surface area contributed by atoms with Crippen molar-refractivity contribution in [2.24, 2.45) is 0 Å². The van der Waals surface area contributed by atoms with Gasteiger partial charge in [-0.2, -0.15) is 11.8 Å². The highest BCUT2D eigenvalue weighted by molar-refractivity contribution is 7.97. The van der Waals surface area contributed by atoms with Gasteiger partial charge in [-0.3, -0.25) is 14.4 Å². The van der Waals surface area contributed by atoms with Crippen molar-refractivity contribution in [1.82, 2.24) is 9.80 Å². The van der Waals surface area contributed by atoms with E-state index in [1.54, 1.807) is 29.8 Å². The molecule has 7 nitrogen and oxygen atoms in total. The molecule has 1 N–H and O–H groups in total. The lowest BCUT2D eigenvalue weighted by Crippen LogP contribution is -2.36. The molecule has 0 fully saturated rings. The molecular formula is C18H19N3O4S2. The molecule has 0 saturated heterocycles. The summed E-state index contributed by atoms with van der Waals surface area (Å²) < 4.78 is 5.64. The van der Waals surface area contributed by atoms with Crippen molar-refractivity contribution < 1.29 is 18.8 Å². The molecule has 0 radical (unpaired) electrons. The molecule has 9 heteroatoms. The minimum Gasteiger partial charge on any atom is -0.455 e. The van der Waals surface area contributed by atoms with Crippen molar-refractivity contribution in [2.75, 3.05) is 31.7 Å². The number of thioether (sulfide) groups is 1. The van der Waals surface area contributed by atoms with Gasteiger partial charge in [-0.1, -0.05) is 0 Å². The van der Waals surface area contributed by atoms with E-state index in [9.17, 15) is 14.4 Å². The van der Waals surface area contributed by atoms with Crippen LogP contribution in [-0.4, -0.2) is 53.9 Å². The Labute approximate surface area is 164 Å². The van der Waals surface area contributed by atoms with Gasteiger partial charge < -0.3 is 19.5 Å². The summed E-state index contributed by atoms with van der Waals surface area (Å²) in [7, 11) is 1.63. The molecular weight excluding hydrogens is 386 g/mol. The number of thiophene rings is 1. The molecule has 0 aliphatic carbocycles. The van der Waals surface area contributed by atoms with E-state index in [1.165, 1.54) is 16.2 Å². The molecule has 27 heavy (non-hydrogen) atoms. The van der Waals surface area contributed by atoms with Crippen LogP contribution in [0.15, 0.2) is 16.5 Å². The van der Waals surface area contributed by atoms with Crippen LogP contribution in [-0.2, 0) is 23.5 Å². The number of carbonyl (C=O) groups is 3. The van der Waals surface area contributed by atoms with Crippen LogP contribution in [0.4, 0.5) is 5.00 Å². The van der Waals surface area contributed by atoms with Crippen LogP contribution in [0.5, 0.6) is 0 Å². The Kier molecular flexibility index (Phi) is 4.73. The van der Waals surface area contributed by atoms with Crippen molar-refractivity contribution >= 4 is 45.8 Å². The van der Waals surface area contributed by atoms with Crippen molar-refractivity contribution in [1.29, 1.82) is 0 Å². The predicted octanol–water partition coefficient (Wildman–Crippen LogP) is 2.43. The first-order chi connectivity index (χ1) is 13.0. The summed E-state index contributed by atoms with van der Waals surface area (Å²) in [5, 5.41) is 3.42. The maximum absolute atomic E-state index is 12.8. The largest absolute Gasteiger partial charge is 0.455 e. The lowest BCUT2D eigenvalue weighted by atomic mass is 10.0. The number of fused-ring (bicyclic) bond motifs is 3. The van der Waals surface area contributed by atoms with Gasteiger partial charge in [0.1, 0.15) is 10.8 Å². The lowest BCUT2D eigenvalue weighted by Gasteiger charge is -2.26. The zero-order valence-corrected chi connectivity index (χ0v) is 16.7. The van der Waals surface area contributed by atoms with E-state index >= 15 is 0 Å². The first kappa shape index (κ1) is 18.1. The number of furan rings is 1. The molecule has 2 aromatic rings. The fraction of sp³-hybridized carbons (Fsp3) is 0.389. The van der Waals surface area contributed by atoms with E-state index in [-0.39, 0.29) is 24.3 Å². The summed E-state index contributed by atoms with van der Waals surface area (Å²) in [6.07, 6.45) is 2.56. The average molecular weight is 406 g/mol. The molecule has 0 unspecified atom stereocenters. The number of hydrogen-bond donors (Lipinski definition) is 1. The van der Waals surface area contributed by atoms with Crippen LogP contribution < -0.4 is 5.32 Å². The van der Waals surface area contributed by atoms with Crippen LogP contribution in [0.2, 0.25) is 0 Å². The molecule has 4 rings (SSSR count). The van der Waals surface area contributed by atoms with E-state index < -0.39 is 0 Å². The summed E-state index contributed by atoms with van der Waals surface area (Å²) >= 11 is 3.02. The Balaban J connectivity index is 1.59. The molecule has 2 aliphatic rings. The van der Waals surface area contributed by atoms with E-state index in [4.69, 9.17) is 4.42 Å². The highest BCUT2D eigenvalue weighted by Gasteiger charge is 2.34. The van der Waals surface area contributed by atoms with Gasteiger partial charge in [0.15, 0.2) is 5.76 Å². The highest BCUT2D eigenvalue weighted by Crippen LogP contribution is 2.39. The van der Waals surface area contributed by atoms with Crippen molar-refractivity contribution in [3.05, 3.63) is 39.7 Å². The summed E-state index contributed by atoms with van der Waals surface area (Å²) in [6.45, 7) is 0.978. The average Bonchev–Trinajstić information content (AvgIpc) is 3.21. The third kappa shape index (κ3) is 3.25. The second kappa shape index (κ2) is 7.05. The number of anilines is 1. The van der Waals surface area contributed by atoms with Crippen LogP contribution in [0, 0.1) is 0 Å². The summed E-state index contributed by atoms with van der Waals surface area (Å²) in [6, 6.07) is 3.54. The van der Waals surface area contributed by atoms with Gasteiger partial charge in [0.25, 0.3) is 11.8 Å². The van der Waals surface area contributed by atoms with E-state index in [0.717, 1.165) is 22.0 Å². The number of hydrogen-bond acceptors (Lipinski definition) is 6. The third-order valence-electron chi connectivity index (χ3n) is 4.70. The van der Waals surface area contributed by atoms with Gasteiger partial charge in [0, 0.05) is 18.5 Å². The molecule has 0 saturated carbocycles. The molecule has 0 atom stereocenters. The number of carbonyl (C=O) groups excluding carboxylic acids is 3. The van der Waals surface area contributed by atoms with Gasteiger partial charge in [0.05, 0.1) is 24.4 Å². The summed E-state index contributed by atoms with van der Waals surface area (Å²) in [4.78, 5) is 41.5. The molecule has 2 aliphatic heterocycles. The number of nitrogens with one attached hydrogen (secondary N) is 1.